The van der Waals surface area contributed by atoms with Crippen LogP contribution in [0.2, 0.25) is 0 Å². The van der Waals surface area contributed by atoms with Crippen LogP contribution in [0.5, 0.6) is 0 Å². The summed E-state index contributed by atoms with van der Waals surface area (Å²) in [5.41, 5.74) is 2.42. The molecule has 2 aromatic rings. The summed E-state index contributed by atoms with van der Waals surface area (Å²) in [6.07, 6.45) is 0.756. The maximum Gasteiger partial charge on any atom is 0.323 e. The van der Waals surface area contributed by atoms with Crippen molar-refractivity contribution in [3.05, 3.63) is 60.2 Å². The Morgan fingerprint density at radius 3 is 2.42 bits per heavy atom. The van der Waals surface area contributed by atoms with Gasteiger partial charge < -0.3 is 0 Å². The first kappa shape index (κ1) is 12.0. The molecule has 0 bridgehead atoms. The fourth-order valence-corrected chi connectivity index (χ4v) is 3.58. The highest BCUT2D eigenvalue weighted by atomic mass is 32.2. The first-order chi connectivity index (χ1) is 9.17. The van der Waals surface area contributed by atoms with Crippen LogP contribution >= 0.6 is 0 Å². The summed E-state index contributed by atoms with van der Waals surface area (Å²) < 4.78 is 28.8. The fraction of sp³-hybridized carbons (Fsp3) is 0.143. The molecule has 0 unspecified atom stereocenters. The molecule has 0 saturated heterocycles. The highest BCUT2D eigenvalue weighted by Gasteiger charge is 2.28. The maximum atomic E-state index is 12.4. The summed E-state index contributed by atoms with van der Waals surface area (Å²) in [7, 11) is -3.54. The second-order valence-electron chi connectivity index (χ2n) is 4.42. The van der Waals surface area contributed by atoms with Crippen LogP contribution in [0.15, 0.2) is 54.6 Å². The van der Waals surface area contributed by atoms with Crippen molar-refractivity contribution in [3.8, 4) is 0 Å². The number of hydrogen-bond donors (Lipinski definition) is 1. The van der Waals surface area contributed by atoms with E-state index >= 15 is 0 Å². The highest BCUT2D eigenvalue weighted by Crippen LogP contribution is 2.30. The third-order valence-corrected chi connectivity index (χ3v) is 4.61. The minimum Gasteiger partial charge on any atom is -0.267 e. The zero-order valence-electron chi connectivity index (χ0n) is 10.3. The van der Waals surface area contributed by atoms with Gasteiger partial charge >= 0.3 is 10.2 Å². The van der Waals surface area contributed by atoms with Crippen molar-refractivity contribution in [2.75, 3.05) is 15.6 Å². The average Bonchev–Trinajstić information content (AvgIpc) is 2.84. The van der Waals surface area contributed by atoms with E-state index in [0.717, 1.165) is 17.7 Å². The lowest BCUT2D eigenvalue weighted by Gasteiger charge is -2.20. The normalized spacial score (nSPS) is 14.2. The Morgan fingerprint density at radius 2 is 1.63 bits per heavy atom. The lowest BCUT2D eigenvalue weighted by molar-refractivity contribution is 0.597. The van der Waals surface area contributed by atoms with Crippen LogP contribution < -0.4 is 9.03 Å². The summed E-state index contributed by atoms with van der Waals surface area (Å²) in [4.78, 5) is 0. The first-order valence-corrected chi connectivity index (χ1v) is 7.54. The Hall–Kier alpha value is -2.01. The van der Waals surface area contributed by atoms with Crippen LogP contribution in [0, 0.1) is 0 Å². The molecular formula is C14H14N2O2S. The number of hydrogen-bond acceptors (Lipinski definition) is 2. The SMILES string of the molecule is O=S(=O)(Nc1ccccc1)N1CCc2ccccc21. The molecule has 1 aliphatic heterocycles. The molecule has 2 aromatic carbocycles. The molecule has 0 atom stereocenters. The summed E-state index contributed by atoms with van der Waals surface area (Å²) >= 11 is 0. The number of para-hydroxylation sites is 2. The van der Waals surface area contributed by atoms with Crippen LogP contribution in [0.3, 0.4) is 0 Å². The second-order valence-corrected chi connectivity index (χ2v) is 6.02. The van der Waals surface area contributed by atoms with Gasteiger partial charge in [-0.3, -0.25) is 9.03 Å². The molecule has 1 aliphatic rings. The topological polar surface area (TPSA) is 49.4 Å². The fourth-order valence-electron chi connectivity index (χ4n) is 2.27. The van der Waals surface area contributed by atoms with Crippen LogP contribution in [0.25, 0.3) is 0 Å². The summed E-state index contributed by atoms with van der Waals surface area (Å²) in [6.45, 7) is 0.488. The molecule has 19 heavy (non-hydrogen) atoms. The lowest BCUT2D eigenvalue weighted by Crippen LogP contribution is -2.34. The van der Waals surface area contributed by atoms with E-state index in [1.54, 1.807) is 24.3 Å². The smallest absolute Gasteiger partial charge is 0.267 e. The standard InChI is InChI=1S/C14H14N2O2S/c17-19(18,15-13-7-2-1-3-8-13)16-11-10-12-6-4-5-9-14(12)16/h1-9,15H,10-11H2. The predicted molar refractivity (Wildman–Crippen MR) is 76.5 cm³/mol. The lowest BCUT2D eigenvalue weighted by atomic mass is 10.2. The number of nitrogens with zero attached hydrogens (tertiary/aromatic N) is 1. The molecule has 1 N–H and O–H groups in total. The Bertz CT molecular complexity index is 684. The van der Waals surface area contributed by atoms with Gasteiger partial charge in [-0.1, -0.05) is 36.4 Å². The Kier molecular flexibility index (Phi) is 2.91. The molecule has 5 heteroatoms. The van der Waals surface area contributed by atoms with E-state index in [-0.39, 0.29) is 0 Å². The van der Waals surface area contributed by atoms with Gasteiger partial charge in [-0.05, 0) is 30.2 Å². The minimum atomic E-state index is -3.54. The number of benzene rings is 2. The van der Waals surface area contributed by atoms with Gasteiger partial charge in [0.15, 0.2) is 0 Å². The quantitative estimate of drug-likeness (QED) is 0.934. The van der Waals surface area contributed by atoms with E-state index in [2.05, 4.69) is 4.72 Å². The molecule has 0 radical (unpaired) electrons. The number of fused-ring (bicyclic) bond motifs is 1. The van der Waals surface area contributed by atoms with Gasteiger partial charge in [-0.15, -0.1) is 0 Å². The van der Waals surface area contributed by atoms with Crippen molar-refractivity contribution < 1.29 is 8.42 Å². The van der Waals surface area contributed by atoms with E-state index in [1.807, 2.05) is 30.3 Å². The van der Waals surface area contributed by atoms with Crippen molar-refractivity contribution >= 4 is 21.6 Å². The zero-order valence-corrected chi connectivity index (χ0v) is 11.1. The third-order valence-electron chi connectivity index (χ3n) is 3.16. The largest absolute Gasteiger partial charge is 0.323 e. The molecular weight excluding hydrogens is 260 g/mol. The van der Waals surface area contributed by atoms with E-state index in [0.29, 0.717) is 12.2 Å². The molecule has 0 aliphatic carbocycles. The van der Waals surface area contributed by atoms with E-state index in [9.17, 15) is 8.42 Å². The van der Waals surface area contributed by atoms with Crippen molar-refractivity contribution in [2.24, 2.45) is 0 Å². The Balaban J connectivity index is 1.91. The molecule has 0 saturated carbocycles. The van der Waals surface area contributed by atoms with E-state index in [1.165, 1.54) is 4.31 Å². The van der Waals surface area contributed by atoms with Crippen LogP contribution in [-0.2, 0) is 16.6 Å². The van der Waals surface area contributed by atoms with Crippen LogP contribution in [-0.4, -0.2) is 15.0 Å². The van der Waals surface area contributed by atoms with Crippen molar-refractivity contribution in [1.29, 1.82) is 0 Å². The molecule has 1 heterocycles. The van der Waals surface area contributed by atoms with Gasteiger partial charge in [-0.25, -0.2) is 0 Å². The van der Waals surface area contributed by atoms with Crippen molar-refractivity contribution in [1.82, 2.24) is 0 Å². The van der Waals surface area contributed by atoms with E-state index < -0.39 is 10.2 Å². The van der Waals surface area contributed by atoms with Gasteiger partial charge in [-0.2, -0.15) is 8.42 Å². The van der Waals surface area contributed by atoms with Crippen LogP contribution in [0.1, 0.15) is 5.56 Å². The molecule has 0 fully saturated rings. The molecule has 4 nitrogen and oxygen atoms in total. The molecule has 0 amide bonds. The molecule has 0 spiro atoms. The van der Waals surface area contributed by atoms with Gasteiger partial charge in [0, 0.05) is 6.54 Å². The maximum absolute atomic E-state index is 12.4. The molecule has 3 rings (SSSR count). The van der Waals surface area contributed by atoms with Gasteiger partial charge in [0.1, 0.15) is 0 Å². The Morgan fingerprint density at radius 1 is 0.947 bits per heavy atom. The van der Waals surface area contributed by atoms with Gasteiger partial charge in [0.25, 0.3) is 0 Å². The average molecular weight is 274 g/mol. The van der Waals surface area contributed by atoms with Gasteiger partial charge in [0.05, 0.1) is 11.4 Å². The van der Waals surface area contributed by atoms with Crippen LogP contribution in [0.4, 0.5) is 11.4 Å². The summed E-state index contributed by atoms with van der Waals surface area (Å²) in [5.74, 6) is 0. The van der Waals surface area contributed by atoms with Crippen molar-refractivity contribution in [3.63, 3.8) is 0 Å². The predicted octanol–water partition coefficient (Wildman–Crippen LogP) is 2.41. The number of nitrogens with one attached hydrogen (secondary N) is 1. The summed E-state index contributed by atoms with van der Waals surface area (Å²) in [6, 6.07) is 16.5. The second kappa shape index (κ2) is 4.59. The highest BCUT2D eigenvalue weighted by molar-refractivity contribution is 7.94. The third kappa shape index (κ3) is 2.29. The minimum absolute atomic E-state index is 0.488. The first-order valence-electron chi connectivity index (χ1n) is 6.10. The van der Waals surface area contributed by atoms with Gasteiger partial charge in [0.2, 0.25) is 0 Å². The monoisotopic (exact) mass is 274 g/mol. The Labute approximate surface area is 112 Å². The zero-order chi connectivity index (χ0) is 13.3. The molecule has 98 valence electrons. The number of anilines is 2. The molecule has 0 aromatic heterocycles. The number of rotatable bonds is 3. The van der Waals surface area contributed by atoms with E-state index in [4.69, 9.17) is 0 Å². The van der Waals surface area contributed by atoms with Crippen molar-refractivity contribution in [2.45, 2.75) is 6.42 Å². The summed E-state index contributed by atoms with van der Waals surface area (Å²) in [5, 5.41) is 0.